The minimum absolute atomic E-state index is 0.0218. The number of rotatable bonds is 7. The van der Waals surface area contributed by atoms with Crippen LogP contribution in [0.15, 0.2) is 97.2 Å². The number of carbonyl (C=O) groups excluding carboxylic acids is 2. The molecule has 0 saturated carbocycles. The van der Waals surface area contributed by atoms with Gasteiger partial charge in [-0.05, 0) is 53.6 Å². The summed E-state index contributed by atoms with van der Waals surface area (Å²) in [6, 6.07) is 29.8. The molecule has 38 heavy (non-hydrogen) atoms. The monoisotopic (exact) mass is 503 g/mol. The number of nitrogens with one attached hydrogen (secondary N) is 2. The lowest BCUT2D eigenvalue weighted by atomic mass is 10.1. The Morgan fingerprint density at radius 3 is 2.21 bits per heavy atom. The third-order valence-corrected chi connectivity index (χ3v) is 6.28. The highest BCUT2D eigenvalue weighted by atomic mass is 16.2. The van der Waals surface area contributed by atoms with Crippen LogP contribution >= 0.6 is 0 Å². The van der Waals surface area contributed by atoms with Crippen molar-refractivity contribution in [1.29, 1.82) is 0 Å². The van der Waals surface area contributed by atoms with E-state index in [0.29, 0.717) is 12.1 Å². The standard InChI is InChI=1S/C31H29N5O2/c1-21(37)33-26-13-15-27(16-14-26)34-30-18-29-25(19-32-30)17-28(36(29)20-22-7-5-4-6-8-22)23-9-11-24(12-10-23)31(38)35(2)3/h4-19H,20H2,1-3H3,(H,32,34)(H,33,37). The second kappa shape index (κ2) is 10.6. The molecule has 2 amide bonds. The summed E-state index contributed by atoms with van der Waals surface area (Å²) in [6.45, 7) is 2.18. The van der Waals surface area contributed by atoms with E-state index >= 15 is 0 Å². The number of hydrogen-bond donors (Lipinski definition) is 2. The molecule has 5 aromatic rings. The van der Waals surface area contributed by atoms with Crippen LogP contribution in [0.4, 0.5) is 17.2 Å². The molecule has 0 aliphatic rings. The summed E-state index contributed by atoms with van der Waals surface area (Å²) in [5, 5.41) is 7.17. The third-order valence-electron chi connectivity index (χ3n) is 6.28. The van der Waals surface area contributed by atoms with Gasteiger partial charge in [0.05, 0.1) is 5.52 Å². The summed E-state index contributed by atoms with van der Waals surface area (Å²) in [7, 11) is 3.51. The maximum atomic E-state index is 12.4. The van der Waals surface area contributed by atoms with Crippen molar-refractivity contribution < 1.29 is 9.59 Å². The van der Waals surface area contributed by atoms with Crippen LogP contribution in [0.25, 0.3) is 22.2 Å². The Bertz CT molecular complexity index is 1590. The smallest absolute Gasteiger partial charge is 0.253 e. The van der Waals surface area contributed by atoms with Crippen LogP contribution in [-0.4, -0.2) is 40.4 Å². The highest BCUT2D eigenvalue weighted by molar-refractivity contribution is 5.95. The molecule has 5 rings (SSSR count). The molecule has 3 aromatic carbocycles. The van der Waals surface area contributed by atoms with Gasteiger partial charge in [0.25, 0.3) is 5.91 Å². The number of carbonyl (C=O) groups is 2. The zero-order valence-electron chi connectivity index (χ0n) is 21.6. The third kappa shape index (κ3) is 5.42. The molecule has 0 aliphatic carbocycles. The maximum absolute atomic E-state index is 12.4. The highest BCUT2D eigenvalue weighted by Crippen LogP contribution is 2.31. The molecule has 0 aliphatic heterocycles. The normalized spacial score (nSPS) is 10.8. The molecule has 2 N–H and O–H groups in total. The van der Waals surface area contributed by atoms with Crippen molar-refractivity contribution in [3.63, 3.8) is 0 Å². The highest BCUT2D eigenvalue weighted by Gasteiger charge is 2.14. The Labute approximate surface area is 221 Å². The van der Waals surface area contributed by atoms with E-state index in [0.717, 1.165) is 39.4 Å². The number of fused-ring (bicyclic) bond motifs is 1. The van der Waals surface area contributed by atoms with Gasteiger partial charge < -0.3 is 20.1 Å². The summed E-state index contributed by atoms with van der Waals surface area (Å²) < 4.78 is 2.28. The molecule has 2 heterocycles. The zero-order valence-corrected chi connectivity index (χ0v) is 21.6. The maximum Gasteiger partial charge on any atom is 0.253 e. The van der Waals surface area contributed by atoms with Crippen LogP contribution in [0.3, 0.4) is 0 Å². The molecule has 0 bridgehead atoms. The van der Waals surface area contributed by atoms with E-state index in [2.05, 4.69) is 38.4 Å². The number of anilines is 3. The van der Waals surface area contributed by atoms with Gasteiger partial charge in [0.15, 0.2) is 0 Å². The van der Waals surface area contributed by atoms with E-state index in [1.54, 1.807) is 19.0 Å². The first-order chi connectivity index (χ1) is 18.4. The molecule has 7 heteroatoms. The number of benzene rings is 3. The van der Waals surface area contributed by atoms with Gasteiger partial charge in [0, 0.05) is 67.8 Å². The van der Waals surface area contributed by atoms with Crippen LogP contribution < -0.4 is 10.6 Å². The predicted molar refractivity (Wildman–Crippen MR) is 153 cm³/mol. The van der Waals surface area contributed by atoms with E-state index < -0.39 is 0 Å². The molecule has 0 fully saturated rings. The second-order valence-electron chi connectivity index (χ2n) is 9.39. The minimum Gasteiger partial charge on any atom is -0.345 e. The number of pyridine rings is 1. The summed E-state index contributed by atoms with van der Waals surface area (Å²) in [5.74, 6) is 0.591. The van der Waals surface area contributed by atoms with Gasteiger partial charge >= 0.3 is 0 Å². The minimum atomic E-state index is -0.105. The fourth-order valence-corrected chi connectivity index (χ4v) is 4.43. The molecule has 0 unspecified atom stereocenters. The van der Waals surface area contributed by atoms with Crippen LogP contribution in [0, 0.1) is 0 Å². The lowest BCUT2D eigenvalue weighted by molar-refractivity contribution is -0.114. The van der Waals surface area contributed by atoms with Crippen molar-refractivity contribution in [2.45, 2.75) is 13.5 Å². The Morgan fingerprint density at radius 1 is 0.868 bits per heavy atom. The van der Waals surface area contributed by atoms with Gasteiger partial charge in [-0.3, -0.25) is 9.59 Å². The molecule has 190 valence electrons. The van der Waals surface area contributed by atoms with Crippen molar-refractivity contribution in [1.82, 2.24) is 14.5 Å². The fourth-order valence-electron chi connectivity index (χ4n) is 4.43. The molecule has 7 nitrogen and oxygen atoms in total. The van der Waals surface area contributed by atoms with E-state index in [4.69, 9.17) is 0 Å². The van der Waals surface area contributed by atoms with Crippen LogP contribution in [0.1, 0.15) is 22.8 Å². The van der Waals surface area contributed by atoms with Crippen LogP contribution in [-0.2, 0) is 11.3 Å². The Balaban J connectivity index is 1.52. The SMILES string of the molecule is CC(=O)Nc1ccc(Nc2cc3c(cn2)cc(-c2ccc(C(=O)N(C)C)cc2)n3Cc2ccccc2)cc1. The van der Waals surface area contributed by atoms with Gasteiger partial charge in [0.1, 0.15) is 5.82 Å². The average Bonchev–Trinajstić information content (AvgIpc) is 3.27. The van der Waals surface area contributed by atoms with Crippen molar-refractivity contribution in [3.05, 3.63) is 108 Å². The first kappa shape index (κ1) is 24.8. The lowest BCUT2D eigenvalue weighted by Gasteiger charge is -2.14. The summed E-state index contributed by atoms with van der Waals surface area (Å²) in [6.07, 6.45) is 1.87. The predicted octanol–water partition coefficient (Wildman–Crippen LogP) is 6.16. The van der Waals surface area contributed by atoms with E-state index in [1.165, 1.54) is 12.5 Å². The molecule has 0 saturated heterocycles. The number of amides is 2. The first-order valence-electron chi connectivity index (χ1n) is 12.4. The summed E-state index contributed by atoms with van der Waals surface area (Å²) >= 11 is 0. The van der Waals surface area contributed by atoms with Crippen LogP contribution in [0.5, 0.6) is 0 Å². The van der Waals surface area contributed by atoms with Crippen molar-refractivity contribution in [2.24, 2.45) is 0 Å². The molecule has 0 atom stereocenters. The number of aromatic nitrogens is 2. The van der Waals surface area contributed by atoms with Crippen LogP contribution in [0.2, 0.25) is 0 Å². The van der Waals surface area contributed by atoms with E-state index in [9.17, 15) is 9.59 Å². The Kier molecular flexibility index (Phi) is 6.91. The largest absolute Gasteiger partial charge is 0.345 e. The summed E-state index contributed by atoms with van der Waals surface area (Å²) in [5.41, 5.74) is 6.57. The summed E-state index contributed by atoms with van der Waals surface area (Å²) in [4.78, 5) is 29.9. The van der Waals surface area contributed by atoms with E-state index in [-0.39, 0.29) is 11.8 Å². The number of nitrogens with zero attached hydrogens (tertiary/aromatic N) is 3. The average molecular weight is 504 g/mol. The van der Waals surface area contributed by atoms with Crippen molar-refractivity contribution >= 4 is 39.9 Å². The Hall–Kier alpha value is -4.91. The van der Waals surface area contributed by atoms with E-state index in [1.807, 2.05) is 79.0 Å². The fraction of sp³-hybridized carbons (Fsp3) is 0.129. The molecular weight excluding hydrogens is 474 g/mol. The molecule has 0 radical (unpaired) electrons. The quantitative estimate of drug-likeness (QED) is 0.279. The van der Waals surface area contributed by atoms with Gasteiger partial charge in [-0.1, -0.05) is 42.5 Å². The Morgan fingerprint density at radius 2 is 1.55 bits per heavy atom. The molecule has 0 spiro atoms. The molecule has 2 aromatic heterocycles. The van der Waals surface area contributed by atoms with Gasteiger partial charge in [-0.15, -0.1) is 0 Å². The zero-order chi connectivity index (χ0) is 26.6. The molecular formula is C31H29N5O2. The van der Waals surface area contributed by atoms with Crippen molar-refractivity contribution in [3.8, 4) is 11.3 Å². The van der Waals surface area contributed by atoms with Gasteiger partial charge in [0.2, 0.25) is 5.91 Å². The lowest BCUT2D eigenvalue weighted by Crippen LogP contribution is -2.21. The van der Waals surface area contributed by atoms with Gasteiger partial charge in [-0.25, -0.2) is 4.98 Å². The van der Waals surface area contributed by atoms with Crippen molar-refractivity contribution in [2.75, 3.05) is 24.7 Å². The second-order valence-corrected chi connectivity index (χ2v) is 9.39. The first-order valence-corrected chi connectivity index (χ1v) is 12.4. The van der Waals surface area contributed by atoms with Gasteiger partial charge in [-0.2, -0.15) is 0 Å². The number of hydrogen-bond acceptors (Lipinski definition) is 4. The topological polar surface area (TPSA) is 79.3 Å².